The molecule has 2 aromatic carbocycles. The van der Waals surface area contributed by atoms with Crippen molar-refractivity contribution in [3.63, 3.8) is 0 Å². The van der Waals surface area contributed by atoms with Crippen LogP contribution in [0.25, 0.3) is 11.0 Å². The molecule has 0 saturated carbocycles. The van der Waals surface area contributed by atoms with E-state index in [1.165, 1.54) is 12.1 Å². The maximum atomic E-state index is 12.7. The summed E-state index contributed by atoms with van der Waals surface area (Å²) in [7, 11) is 0. The summed E-state index contributed by atoms with van der Waals surface area (Å²) in [6.07, 6.45) is 0. The first-order valence-electron chi connectivity index (χ1n) is 8.13. The van der Waals surface area contributed by atoms with Gasteiger partial charge in [0.1, 0.15) is 17.0 Å². The van der Waals surface area contributed by atoms with E-state index in [4.69, 9.17) is 4.74 Å². The maximum absolute atomic E-state index is 12.7. The lowest BCUT2D eigenvalue weighted by Gasteiger charge is -2.27. The summed E-state index contributed by atoms with van der Waals surface area (Å²) < 4.78 is 6.27. The zero-order chi connectivity index (χ0) is 19.0. The van der Waals surface area contributed by atoms with Crippen molar-refractivity contribution in [2.75, 3.05) is 6.61 Å². The normalized spacial score (nSPS) is 13.5. The van der Waals surface area contributed by atoms with Crippen LogP contribution in [0, 0.1) is 10.1 Å². The third kappa shape index (κ3) is 2.79. The molecule has 0 spiro atoms. The van der Waals surface area contributed by atoms with Crippen molar-refractivity contribution in [3.8, 4) is 5.75 Å². The maximum Gasteiger partial charge on any atom is 0.350 e. The number of hydrogen-bond donors (Lipinski definition) is 1. The predicted octanol–water partition coefficient (Wildman–Crippen LogP) is 0.968. The molecule has 0 aliphatic carbocycles. The molecule has 1 N–H and O–H groups in total. The Morgan fingerprint density at radius 3 is 2.63 bits per heavy atom. The second kappa shape index (κ2) is 6.54. The van der Waals surface area contributed by atoms with Crippen LogP contribution in [0.3, 0.4) is 0 Å². The summed E-state index contributed by atoms with van der Waals surface area (Å²) in [6, 6.07) is 14.8. The zero-order valence-corrected chi connectivity index (χ0v) is 14.0. The van der Waals surface area contributed by atoms with Crippen molar-refractivity contribution < 1.29 is 18.8 Å². The minimum absolute atomic E-state index is 0.0401. The van der Waals surface area contributed by atoms with E-state index in [9.17, 15) is 19.7 Å². The number of fused-ring (bicyclic) bond motifs is 2. The third-order valence-electron chi connectivity index (χ3n) is 4.21. The van der Waals surface area contributed by atoms with E-state index in [1.807, 2.05) is 0 Å². The topological polar surface area (TPSA) is 110 Å². The molecule has 0 bridgehead atoms. The molecule has 0 fully saturated rings. The number of carbonyl (C=O) groups is 2. The first-order valence-corrected chi connectivity index (χ1v) is 8.13. The Bertz CT molecular complexity index is 1110. The largest absolute Gasteiger partial charge is 0.805 e. The Labute approximate surface area is 152 Å². The van der Waals surface area contributed by atoms with Gasteiger partial charge in [-0.15, -0.1) is 0 Å². The van der Waals surface area contributed by atoms with Crippen LogP contribution >= 0.6 is 0 Å². The van der Waals surface area contributed by atoms with E-state index in [2.05, 4.69) is 5.43 Å². The lowest BCUT2D eigenvalue weighted by atomic mass is 10.2. The molecule has 1 aliphatic rings. The smallest absolute Gasteiger partial charge is 0.350 e. The Hall–Kier alpha value is -3.72. The molecule has 3 aromatic rings. The average molecular weight is 366 g/mol. The highest BCUT2D eigenvalue weighted by atomic mass is 16.5. The number of benzene rings is 2. The minimum atomic E-state index is -0.900. The van der Waals surface area contributed by atoms with E-state index < -0.39 is 18.4 Å². The first-order chi connectivity index (χ1) is 13.1. The van der Waals surface area contributed by atoms with Gasteiger partial charge in [-0.05, 0) is 18.2 Å². The van der Waals surface area contributed by atoms with Crippen LogP contribution in [-0.2, 0) is 11.3 Å². The molecule has 0 atom stereocenters. The SMILES string of the molecule is O=C(COc1ccccc1)N1NCc2c([n+](=O)c3ccccc3n2[O-])C1=O. The van der Waals surface area contributed by atoms with Crippen LogP contribution in [0.15, 0.2) is 54.6 Å². The van der Waals surface area contributed by atoms with Crippen LogP contribution in [0.1, 0.15) is 16.2 Å². The fourth-order valence-electron chi connectivity index (χ4n) is 2.91. The van der Waals surface area contributed by atoms with Gasteiger partial charge in [-0.3, -0.25) is 9.59 Å². The lowest BCUT2D eigenvalue weighted by Crippen LogP contribution is -2.55. The number of imide groups is 1. The second-order valence-electron chi connectivity index (χ2n) is 5.84. The lowest BCUT2D eigenvalue weighted by molar-refractivity contribution is -0.469. The van der Waals surface area contributed by atoms with E-state index in [-0.39, 0.29) is 29.0 Å². The Balaban J connectivity index is 1.65. The standard InChI is InChI=1S/C18H14N4O5/c23-16(11-27-12-6-2-1-3-7-12)20-18(24)17-15(10-19-20)21(25)13-8-4-5-9-14(13)22(17)26/h1-9,19H,10-11H2. The molecule has 0 saturated heterocycles. The molecule has 27 heavy (non-hydrogen) atoms. The zero-order valence-electron chi connectivity index (χ0n) is 14.0. The van der Waals surface area contributed by atoms with Crippen molar-refractivity contribution in [2.24, 2.45) is 0 Å². The molecule has 9 nitrogen and oxygen atoms in total. The first kappa shape index (κ1) is 16.7. The summed E-state index contributed by atoms with van der Waals surface area (Å²) in [6.45, 7) is -0.545. The van der Waals surface area contributed by atoms with Crippen molar-refractivity contribution >= 4 is 22.8 Å². The third-order valence-corrected chi connectivity index (χ3v) is 4.21. The Kier molecular flexibility index (Phi) is 4.05. The number of aromatic nitrogens is 2. The minimum Gasteiger partial charge on any atom is -0.805 e. The van der Waals surface area contributed by atoms with Crippen LogP contribution in [0.5, 0.6) is 5.75 Å². The summed E-state index contributed by atoms with van der Waals surface area (Å²) >= 11 is 0. The van der Waals surface area contributed by atoms with Gasteiger partial charge in [0.25, 0.3) is 11.4 Å². The number of carbonyl (C=O) groups excluding carboxylic acids is 2. The highest BCUT2D eigenvalue weighted by Gasteiger charge is 2.39. The quantitative estimate of drug-likeness (QED) is 0.692. The number of ether oxygens (including phenoxy) is 1. The number of nitrogens with one attached hydrogen (secondary N) is 1. The molecule has 1 aliphatic heterocycles. The molecule has 2 heterocycles. The second-order valence-corrected chi connectivity index (χ2v) is 5.84. The van der Waals surface area contributed by atoms with E-state index in [0.717, 1.165) is 0 Å². The number of hydrazine groups is 1. The molecule has 2 amide bonds. The number of hydrogen-bond acceptors (Lipinski definition) is 6. The van der Waals surface area contributed by atoms with Crippen molar-refractivity contribution in [3.05, 3.63) is 76.1 Å². The molecule has 1 aromatic heterocycles. The summed E-state index contributed by atoms with van der Waals surface area (Å²) in [5.41, 5.74) is 2.35. The van der Waals surface area contributed by atoms with Crippen LogP contribution in [0.2, 0.25) is 0 Å². The number of para-hydroxylation sites is 3. The molecule has 4 rings (SSSR count). The Morgan fingerprint density at radius 1 is 1.15 bits per heavy atom. The molecular formula is C18H14N4O5. The molecule has 136 valence electrons. The van der Waals surface area contributed by atoms with Gasteiger partial charge in [0.05, 0.1) is 11.0 Å². The molecular weight excluding hydrogens is 352 g/mol. The summed E-state index contributed by atoms with van der Waals surface area (Å²) in [5.74, 6) is -1.11. The van der Waals surface area contributed by atoms with Gasteiger partial charge >= 0.3 is 11.6 Å². The van der Waals surface area contributed by atoms with Gasteiger partial charge in [-0.25, -0.2) is 5.43 Å². The summed E-state index contributed by atoms with van der Waals surface area (Å²) in [4.78, 5) is 37.7. The monoisotopic (exact) mass is 366 g/mol. The fourth-order valence-corrected chi connectivity index (χ4v) is 2.91. The van der Waals surface area contributed by atoms with Gasteiger partial charge in [-0.2, -0.15) is 5.01 Å². The van der Waals surface area contributed by atoms with Crippen LogP contribution in [-0.4, -0.2) is 28.2 Å². The molecule has 0 unspecified atom stereocenters. The fraction of sp³-hybridized carbons (Fsp3) is 0.111. The number of nitrogens with zero attached hydrogens (tertiary/aromatic N) is 3. The van der Waals surface area contributed by atoms with Gasteiger partial charge < -0.3 is 14.7 Å². The summed E-state index contributed by atoms with van der Waals surface area (Å²) in [5, 5.41) is 13.2. The molecule has 9 heteroatoms. The predicted molar refractivity (Wildman–Crippen MR) is 94.0 cm³/mol. The van der Waals surface area contributed by atoms with Crippen LogP contribution < -0.4 is 14.6 Å². The van der Waals surface area contributed by atoms with Gasteiger partial charge in [-0.1, -0.05) is 30.3 Å². The average Bonchev–Trinajstić information content (AvgIpc) is 2.71. The Morgan fingerprint density at radius 2 is 1.85 bits per heavy atom. The van der Waals surface area contributed by atoms with Crippen molar-refractivity contribution in [2.45, 2.75) is 6.54 Å². The van der Waals surface area contributed by atoms with Gasteiger partial charge in [0.2, 0.25) is 0 Å². The van der Waals surface area contributed by atoms with Crippen molar-refractivity contribution in [1.82, 2.24) is 15.2 Å². The van der Waals surface area contributed by atoms with E-state index in [1.54, 1.807) is 42.5 Å². The van der Waals surface area contributed by atoms with Gasteiger partial charge in [0.15, 0.2) is 6.61 Å². The number of rotatable bonds is 3. The van der Waals surface area contributed by atoms with Crippen molar-refractivity contribution in [1.29, 1.82) is 0 Å². The van der Waals surface area contributed by atoms with Gasteiger partial charge in [0, 0.05) is 11.0 Å². The number of amides is 2. The van der Waals surface area contributed by atoms with E-state index in [0.29, 0.717) is 19.9 Å². The van der Waals surface area contributed by atoms with Crippen LogP contribution in [0.4, 0.5) is 0 Å². The van der Waals surface area contributed by atoms with E-state index >= 15 is 0 Å². The highest BCUT2D eigenvalue weighted by molar-refractivity contribution is 6.04. The molecule has 0 radical (unpaired) electrons. The highest BCUT2D eigenvalue weighted by Crippen LogP contribution is 2.18.